The molecule has 4 heteroatoms. The summed E-state index contributed by atoms with van der Waals surface area (Å²) in [7, 11) is 1.70. The van der Waals surface area contributed by atoms with Crippen LogP contribution in [0.5, 0.6) is 23.0 Å². The van der Waals surface area contributed by atoms with Gasteiger partial charge in [-0.05, 0) is 67.5 Å². The highest BCUT2D eigenvalue weighted by Crippen LogP contribution is 2.46. The smallest absolute Gasteiger partial charge is 0.154 e. The molecular weight excluding hydrogens is 422 g/mol. The van der Waals surface area contributed by atoms with Gasteiger partial charge in [-0.25, -0.2) is 0 Å². The molecule has 5 rings (SSSR count). The number of methoxy groups -OCH3 is 1. The Hall–Kier alpha value is -3.66. The lowest BCUT2D eigenvalue weighted by atomic mass is 9.99. The second-order valence-corrected chi connectivity index (χ2v) is 8.58. The second kappa shape index (κ2) is 10.1. The van der Waals surface area contributed by atoms with Gasteiger partial charge in [-0.3, -0.25) is 0 Å². The fraction of sp³-hybridized carbons (Fsp3) is 0.267. The maximum atomic E-state index is 6.86. The van der Waals surface area contributed by atoms with E-state index in [9.17, 15) is 0 Å². The molecule has 174 valence electrons. The topological polar surface area (TPSA) is 30.9 Å². The molecule has 1 aliphatic heterocycles. The van der Waals surface area contributed by atoms with Gasteiger partial charge in [-0.1, -0.05) is 48.5 Å². The molecule has 1 heterocycles. The fourth-order valence-electron chi connectivity index (χ4n) is 4.77. The first-order valence-corrected chi connectivity index (χ1v) is 12.1. The Morgan fingerprint density at radius 3 is 2.41 bits per heavy atom. The molecule has 0 radical (unpaired) electrons. The van der Waals surface area contributed by atoms with Crippen LogP contribution in [0.4, 0.5) is 5.69 Å². The third kappa shape index (κ3) is 4.41. The van der Waals surface area contributed by atoms with Crippen molar-refractivity contribution in [1.82, 2.24) is 0 Å². The predicted molar refractivity (Wildman–Crippen MR) is 140 cm³/mol. The van der Waals surface area contributed by atoms with Crippen molar-refractivity contribution in [2.75, 3.05) is 31.7 Å². The van der Waals surface area contributed by atoms with Gasteiger partial charge in [0.05, 0.1) is 13.7 Å². The predicted octanol–water partition coefficient (Wildman–Crippen LogP) is 7.70. The fourth-order valence-corrected chi connectivity index (χ4v) is 4.77. The molecule has 34 heavy (non-hydrogen) atoms. The number of rotatable bonds is 7. The van der Waals surface area contributed by atoms with Crippen molar-refractivity contribution < 1.29 is 14.2 Å². The van der Waals surface area contributed by atoms with E-state index in [2.05, 4.69) is 59.5 Å². The number of piperidine rings is 1. The highest BCUT2D eigenvalue weighted by atomic mass is 16.5. The molecule has 0 aromatic heterocycles. The van der Waals surface area contributed by atoms with E-state index in [-0.39, 0.29) is 0 Å². The van der Waals surface area contributed by atoms with E-state index in [1.165, 1.54) is 19.3 Å². The molecule has 4 aromatic carbocycles. The molecule has 1 aliphatic rings. The van der Waals surface area contributed by atoms with Gasteiger partial charge >= 0.3 is 0 Å². The average molecular weight is 454 g/mol. The molecule has 0 bridgehead atoms. The van der Waals surface area contributed by atoms with Gasteiger partial charge in [-0.2, -0.15) is 0 Å². The molecule has 0 unspecified atom stereocenters. The van der Waals surface area contributed by atoms with Crippen LogP contribution < -0.4 is 19.1 Å². The number of anilines is 1. The summed E-state index contributed by atoms with van der Waals surface area (Å²) in [5.41, 5.74) is 3.14. The molecule has 1 fully saturated rings. The number of para-hydroxylation sites is 1. The zero-order chi connectivity index (χ0) is 23.3. The maximum Gasteiger partial charge on any atom is 0.154 e. The van der Waals surface area contributed by atoms with Gasteiger partial charge in [0.1, 0.15) is 22.9 Å². The van der Waals surface area contributed by atoms with Crippen molar-refractivity contribution in [3.63, 3.8) is 0 Å². The summed E-state index contributed by atoms with van der Waals surface area (Å²) in [6.45, 7) is 4.67. The minimum atomic E-state index is 0.619. The van der Waals surface area contributed by atoms with Crippen LogP contribution in [0.2, 0.25) is 0 Å². The SMILES string of the molecule is CCOc1cccc(Oc2c(-c3cccc(OC)c3)ccc3ccccc23)c1N1CCCCC1. The molecule has 0 aliphatic carbocycles. The van der Waals surface area contributed by atoms with E-state index in [0.29, 0.717) is 6.61 Å². The van der Waals surface area contributed by atoms with Gasteiger partial charge in [0, 0.05) is 24.0 Å². The average Bonchev–Trinajstić information content (AvgIpc) is 2.90. The Morgan fingerprint density at radius 1 is 0.794 bits per heavy atom. The zero-order valence-corrected chi connectivity index (χ0v) is 19.9. The Kier molecular flexibility index (Phi) is 6.57. The lowest BCUT2D eigenvalue weighted by Crippen LogP contribution is -2.30. The minimum absolute atomic E-state index is 0.619. The summed E-state index contributed by atoms with van der Waals surface area (Å²) >= 11 is 0. The van der Waals surface area contributed by atoms with Crippen molar-refractivity contribution >= 4 is 16.5 Å². The summed E-state index contributed by atoms with van der Waals surface area (Å²) in [5, 5.41) is 2.22. The quantitative estimate of drug-likeness (QED) is 0.287. The third-order valence-corrected chi connectivity index (χ3v) is 6.41. The largest absolute Gasteiger partial charge is 0.497 e. The number of hydrogen-bond donors (Lipinski definition) is 0. The van der Waals surface area contributed by atoms with E-state index in [1.54, 1.807) is 7.11 Å². The van der Waals surface area contributed by atoms with Crippen LogP contribution in [-0.4, -0.2) is 26.8 Å². The molecule has 0 amide bonds. The Balaban J connectivity index is 1.67. The van der Waals surface area contributed by atoms with Crippen molar-refractivity contribution in [2.24, 2.45) is 0 Å². The molecule has 0 atom stereocenters. The van der Waals surface area contributed by atoms with Gasteiger partial charge in [0.15, 0.2) is 5.75 Å². The van der Waals surface area contributed by atoms with Crippen molar-refractivity contribution in [3.05, 3.63) is 78.9 Å². The van der Waals surface area contributed by atoms with Crippen molar-refractivity contribution in [3.8, 4) is 34.1 Å². The Bertz CT molecular complexity index is 1280. The molecule has 4 aromatic rings. The van der Waals surface area contributed by atoms with Gasteiger partial charge < -0.3 is 19.1 Å². The number of nitrogens with zero attached hydrogens (tertiary/aromatic N) is 1. The van der Waals surface area contributed by atoms with E-state index in [1.807, 2.05) is 31.2 Å². The molecule has 0 N–H and O–H groups in total. The van der Waals surface area contributed by atoms with Crippen LogP contribution in [0.1, 0.15) is 26.2 Å². The van der Waals surface area contributed by atoms with Crippen molar-refractivity contribution in [1.29, 1.82) is 0 Å². The zero-order valence-electron chi connectivity index (χ0n) is 19.9. The van der Waals surface area contributed by atoms with E-state index in [4.69, 9.17) is 14.2 Å². The summed E-state index contributed by atoms with van der Waals surface area (Å²) in [5.74, 6) is 3.38. The lowest BCUT2D eigenvalue weighted by molar-refractivity contribution is 0.337. The molecule has 0 saturated carbocycles. The van der Waals surface area contributed by atoms with Gasteiger partial charge in [-0.15, -0.1) is 0 Å². The number of hydrogen-bond acceptors (Lipinski definition) is 4. The number of fused-ring (bicyclic) bond motifs is 1. The van der Waals surface area contributed by atoms with Crippen LogP contribution in [0, 0.1) is 0 Å². The standard InChI is InChI=1S/C30H31NO3/c1-3-33-27-15-10-16-28(29(27)31-19-7-4-8-20-31)34-30-25-14-6-5-11-22(25)17-18-26(30)23-12-9-13-24(21-23)32-2/h5-6,9-18,21H,3-4,7-8,19-20H2,1-2H3. The highest BCUT2D eigenvalue weighted by Gasteiger charge is 2.22. The Labute approximate surface area is 201 Å². The van der Waals surface area contributed by atoms with E-state index < -0.39 is 0 Å². The monoisotopic (exact) mass is 453 g/mol. The molecule has 0 spiro atoms. The van der Waals surface area contributed by atoms with Crippen LogP contribution in [0.15, 0.2) is 78.9 Å². The van der Waals surface area contributed by atoms with E-state index in [0.717, 1.165) is 63.7 Å². The first-order chi connectivity index (χ1) is 16.8. The van der Waals surface area contributed by atoms with Crippen molar-refractivity contribution in [2.45, 2.75) is 26.2 Å². The third-order valence-electron chi connectivity index (χ3n) is 6.41. The number of benzene rings is 4. The summed E-state index contributed by atoms with van der Waals surface area (Å²) in [6, 6.07) is 26.9. The number of ether oxygens (including phenoxy) is 3. The normalized spacial score (nSPS) is 13.6. The van der Waals surface area contributed by atoms with Crippen LogP contribution in [0.25, 0.3) is 21.9 Å². The molecule has 4 nitrogen and oxygen atoms in total. The summed E-state index contributed by atoms with van der Waals surface area (Å²) < 4.78 is 18.4. The van der Waals surface area contributed by atoms with Crippen LogP contribution in [-0.2, 0) is 0 Å². The Morgan fingerprint density at radius 2 is 1.59 bits per heavy atom. The van der Waals surface area contributed by atoms with E-state index >= 15 is 0 Å². The molecular formula is C30H31NO3. The highest BCUT2D eigenvalue weighted by molar-refractivity contribution is 5.95. The van der Waals surface area contributed by atoms with Crippen LogP contribution >= 0.6 is 0 Å². The minimum Gasteiger partial charge on any atom is -0.497 e. The molecule has 1 saturated heterocycles. The van der Waals surface area contributed by atoms with Gasteiger partial charge in [0.2, 0.25) is 0 Å². The maximum absolute atomic E-state index is 6.86. The first kappa shape index (κ1) is 22.1. The van der Waals surface area contributed by atoms with Crippen LogP contribution in [0.3, 0.4) is 0 Å². The lowest BCUT2D eigenvalue weighted by Gasteiger charge is -2.32. The first-order valence-electron chi connectivity index (χ1n) is 12.1. The summed E-state index contributed by atoms with van der Waals surface area (Å²) in [6.07, 6.45) is 3.64. The van der Waals surface area contributed by atoms with Gasteiger partial charge in [0.25, 0.3) is 0 Å². The second-order valence-electron chi connectivity index (χ2n) is 8.58. The summed E-state index contributed by atoms with van der Waals surface area (Å²) in [4.78, 5) is 2.42.